The maximum Gasteiger partial charge on any atom is 0.316 e. The summed E-state index contributed by atoms with van der Waals surface area (Å²) in [7, 11) is 0. The van der Waals surface area contributed by atoms with Gasteiger partial charge in [-0.25, -0.2) is 0 Å². The lowest BCUT2D eigenvalue weighted by atomic mass is 10.1. The first-order chi connectivity index (χ1) is 8.10. The number of carbonyl (C=O) groups excluding carboxylic acids is 1. The van der Waals surface area contributed by atoms with E-state index in [0.717, 1.165) is 12.0 Å². The van der Waals surface area contributed by atoms with Crippen LogP contribution in [-0.2, 0) is 16.0 Å². The molecule has 1 aromatic rings. The zero-order valence-corrected chi connectivity index (χ0v) is 10.1. The molecule has 17 heavy (non-hydrogen) atoms. The van der Waals surface area contributed by atoms with Crippen LogP contribution in [0.5, 0.6) is 0 Å². The second-order valence-electron chi connectivity index (χ2n) is 3.80. The maximum absolute atomic E-state index is 11.8. The summed E-state index contributed by atoms with van der Waals surface area (Å²) >= 11 is 0. The molecule has 2 N–H and O–H groups in total. The Morgan fingerprint density at radius 2 is 1.94 bits per heavy atom. The normalized spacial score (nSPS) is 11.9. The minimum Gasteiger partial charge on any atom is -0.481 e. The largest absolute Gasteiger partial charge is 0.481 e. The van der Waals surface area contributed by atoms with Gasteiger partial charge < -0.3 is 10.4 Å². The van der Waals surface area contributed by atoms with Crippen molar-refractivity contribution in [3.63, 3.8) is 0 Å². The van der Waals surface area contributed by atoms with Crippen LogP contribution in [0.15, 0.2) is 24.3 Å². The molecule has 0 fully saturated rings. The molecule has 1 unspecified atom stereocenters. The molecule has 1 rings (SSSR count). The number of hydrogen-bond donors (Lipinski definition) is 2. The first kappa shape index (κ1) is 13.2. The number of carboxylic acids is 1. The highest BCUT2D eigenvalue weighted by Crippen LogP contribution is 2.17. The third-order valence-electron chi connectivity index (χ3n) is 2.68. The van der Waals surface area contributed by atoms with Gasteiger partial charge in [-0.2, -0.15) is 0 Å². The van der Waals surface area contributed by atoms with Crippen LogP contribution in [0.4, 0.5) is 5.69 Å². The predicted molar refractivity (Wildman–Crippen MR) is 65.9 cm³/mol. The van der Waals surface area contributed by atoms with E-state index in [-0.39, 0.29) is 6.42 Å². The van der Waals surface area contributed by atoms with Crippen molar-refractivity contribution in [1.29, 1.82) is 0 Å². The molecule has 92 valence electrons. The number of aliphatic carboxylic acids is 1. The Bertz CT molecular complexity index is 415. The molecule has 1 aromatic carbocycles. The monoisotopic (exact) mass is 235 g/mol. The molecule has 0 aliphatic heterocycles. The molecule has 0 saturated carbocycles. The van der Waals surface area contributed by atoms with Crippen molar-refractivity contribution >= 4 is 17.6 Å². The number of aryl methyl sites for hydroxylation is 1. The van der Waals surface area contributed by atoms with E-state index in [0.29, 0.717) is 5.69 Å². The van der Waals surface area contributed by atoms with E-state index in [2.05, 4.69) is 5.32 Å². The van der Waals surface area contributed by atoms with Gasteiger partial charge in [-0.15, -0.1) is 0 Å². The van der Waals surface area contributed by atoms with Gasteiger partial charge in [0.1, 0.15) is 5.92 Å². The van der Waals surface area contributed by atoms with Crippen molar-refractivity contribution < 1.29 is 14.7 Å². The second-order valence-corrected chi connectivity index (χ2v) is 3.80. The number of benzene rings is 1. The number of nitrogens with one attached hydrogen (secondary N) is 1. The van der Waals surface area contributed by atoms with Gasteiger partial charge in [0, 0.05) is 5.69 Å². The highest BCUT2D eigenvalue weighted by molar-refractivity contribution is 6.04. The van der Waals surface area contributed by atoms with E-state index >= 15 is 0 Å². The van der Waals surface area contributed by atoms with Crippen molar-refractivity contribution in [3.05, 3.63) is 29.8 Å². The van der Waals surface area contributed by atoms with Gasteiger partial charge in [-0.1, -0.05) is 32.0 Å². The van der Waals surface area contributed by atoms with Gasteiger partial charge in [-0.05, 0) is 24.5 Å². The van der Waals surface area contributed by atoms with E-state index in [1.165, 1.54) is 0 Å². The highest BCUT2D eigenvalue weighted by Gasteiger charge is 2.24. The summed E-state index contributed by atoms with van der Waals surface area (Å²) in [6, 6.07) is 7.40. The average molecular weight is 235 g/mol. The molecule has 0 saturated heterocycles. The van der Waals surface area contributed by atoms with Gasteiger partial charge in [0.15, 0.2) is 0 Å². The van der Waals surface area contributed by atoms with E-state index < -0.39 is 17.8 Å². The van der Waals surface area contributed by atoms with Gasteiger partial charge in [0.05, 0.1) is 0 Å². The molecule has 0 aliphatic rings. The molecule has 4 heteroatoms. The molecule has 0 aliphatic carbocycles. The number of hydrogen-bond acceptors (Lipinski definition) is 2. The van der Waals surface area contributed by atoms with Crippen LogP contribution in [0.2, 0.25) is 0 Å². The number of amides is 1. The fraction of sp³-hybridized carbons (Fsp3) is 0.385. The number of carboxylic acid groups (broad SMARTS) is 1. The molecule has 0 aromatic heterocycles. The van der Waals surface area contributed by atoms with E-state index in [9.17, 15) is 9.59 Å². The molecule has 0 heterocycles. The fourth-order valence-electron chi connectivity index (χ4n) is 1.64. The Labute approximate surface area is 101 Å². The van der Waals surface area contributed by atoms with Crippen molar-refractivity contribution in [3.8, 4) is 0 Å². The Kier molecular flexibility index (Phi) is 4.69. The quantitative estimate of drug-likeness (QED) is 0.769. The van der Waals surface area contributed by atoms with E-state index in [1.54, 1.807) is 13.0 Å². The summed E-state index contributed by atoms with van der Waals surface area (Å²) in [5, 5.41) is 11.6. The Hall–Kier alpha value is -1.84. The summed E-state index contributed by atoms with van der Waals surface area (Å²) in [4.78, 5) is 22.6. The molecule has 1 amide bonds. The topological polar surface area (TPSA) is 66.4 Å². The summed E-state index contributed by atoms with van der Waals surface area (Å²) in [5.74, 6) is -2.53. The highest BCUT2D eigenvalue weighted by atomic mass is 16.4. The minimum atomic E-state index is -1.08. The van der Waals surface area contributed by atoms with Gasteiger partial charge in [-0.3, -0.25) is 9.59 Å². The Morgan fingerprint density at radius 3 is 2.47 bits per heavy atom. The third kappa shape index (κ3) is 3.31. The molecule has 0 bridgehead atoms. The first-order valence-corrected chi connectivity index (χ1v) is 5.71. The van der Waals surface area contributed by atoms with Crippen LogP contribution < -0.4 is 5.32 Å². The standard InChI is InChI=1S/C13H17NO3/c1-3-9-7-5-6-8-11(9)14-12(15)10(4-2)13(16)17/h5-8,10H,3-4H2,1-2H3,(H,14,15)(H,16,17). The van der Waals surface area contributed by atoms with E-state index in [1.807, 2.05) is 25.1 Å². The molecule has 0 spiro atoms. The third-order valence-corrected chi connectivity index (χ3v) is 2.68. The van der Waals surface area contributed by atoms with Crippen LogP contribution in [0.25, 0.3) is 0 Å². The lowest BCUT2D eigenvalue weighted by Crippen LogP contribution is -2.29. The summed E-state index contributed by atoms with van der Waals surface area (Å²) in [6.45, 7) is 3.67. The molecule has 0 radical (unpaired) electrons. The lowest BCUT2D eigenvalue weighted by Gasteiger charge is -2.13. The number of anilines is 1. The molecular weight excluding hydrogens is 218 g/mol. The Balaban J connectivity index is 2.83. The van der Waals surface area contributed by atoms with Crippen molar-refractivity contribution in [2.45, 2.75) is 26.7 Å². The maximum atomic E-state index is 11.8. The first-order valence-electron chi connectivity index (χ1n) is 5.71. The summed E-state index contributed by atoms with van der Waals surface area (Å²) < 4.78 is 0. The van der Waals surface area contributed by atoms with Crippen molar-refractivity contribution in [1.82, 2.24) is 0 Å². The van der Waals surface area contributed by atoms with Crippen LogP contribution >= 0.6 is 0 Å². The summed E-state index contributed by atoms with van der Waals surface area (Å²) in [5.41, 5.74) is 1.70. The number of rotatable bonds is 5. The fourth-order valence-corrected chi connectivity index (χ4v) is 1.64. The predicted octanol–water partition coefficient (Wildman–Crippen LogP) is 2.30. The van der Waals surface area contributed by atoms with Crippen LogP contribution in [0.3, 0.4) is 0 Å². The summed E-state index contributed by atoms with van der Waals surface area (Å²) in [6.07, 6.45) is 1.08. The zero-order valence-electron chi connectivity index (χ0n) is 10.1. The smallest absolute Gasteiger partial charge is 0.316 e. The second kappa shape index (κ2) is 6.03. The van der Waals surface area contributed by atoms with Crippen LogP contribution in [-0.4, -0.2) is 17.0 Å². The number of carbonyl (C=O) groups is 2. The Morgan fingerprint density at radius 1 is 1.29 bits per heavy atom. The molecule has 4 nitrogen and oxygen atoms in total. The van der Waals surface area contributed by atoms with Crippen molar-refractivity contribution in [2.75, 3.05) is 5.32 Å². The van der Waals surface area contributed by atoms with Gasteiger partial charge >= 0.3 is 5.97 Å². The zero-order chi connectivity index (χ0) is 12.8. The lowest BCUT2D eigenvalue weighted by molar-refractivity contribution is -0.145. The van der Waals surface area contributed by atoms with Gasteiger partial charge in [0.25, 0.3) is 0 Å². The van der Waals surface area contributed by atoms with Crippen LogP contribution in [0, 0.1) is 5.92 Å². The molecular formula is C13H17NO3. The van der Waals surface area contributed by atoms with Crippen LogP contribution in [0.1, 0.15) is 25.8 Å². The number of para-hydroxylation sites is 1. The minimum absolute atomic E-state index is 0.287. The SMILES string of the molecule is CCc1ccccc1NC(=O)C(CC)C(=O)O. The van der Waals surface area contributed by atoms with Crippen molar-refractivity contribution in [2.24, 2.45) is 5.92 Å². The average Bonchev–Trinajstić information content (AvgIpc) is 2.30. The van der Waals surface area contributed by atoms with Gasteiger partial charge in [0.2, 0.25) is 5.91 Å². The van der Waals surface area contributed by atoms with E-state index in [4.69, 9.17) is 5.11 Å². The molecule has 1 atom stereocenters.